The third-order valence-electron chi connectivity index (χ3n) is 8.66. The van der Waals surface area contributed by atoms with Crippen molar-refractivity contribution < 1.29 is 4.79 Å². The van der Waals surface area contributed by atoms with Gasteiger partial charge in [-0.3, -0.25) is 4.79 Å². The summed E-state index contributed by atoms with van der Waals surface area (Å²) in [6.45, 7) is 6.89. The number of benzene rings is 1. The van der Waals surface area contributed by atoms with Crippen LogP contribution in [-0.2, 0) is 11.2 Å². The average Bonchev–Trinajstić information content (AvgIpc) is 3.51. The Balaban J connectivity index is 1.18. The average molecular weight is 395 g/mol. The Labute approximate surface area is 176 Å². The first kappa shape index (κ1) is 19.6. The van der Waals surface area contributed by atoms with Crippen molar-refractivity contribution in [2.75, 3.05) is 26.2 Å². The van der Waals surface area contributed by atoms with Crippen molar-refractivity contribution >= 4 is 5.91 Å². The lowest BCUT2D eigenvalue weighted by Gasteiger charge is -2.24. The predicted octanol–water partition coefficient (Wildman–Crippen LogP) is 4.86. The molecule has 1 amide bonds. The van der Waals surface area contributed by atoms with Crippen LogP contribution in [0.3, 0.4) is 0 Å². The Morgan fingerprint density at radius 2 is 1.76 bits per heavy atom. The summed E-state index contributed by atoms with van der Waals surface area (Å²) >= 11 is 0. The molecule has 2 aliphatic heterocycles. The van der Waals surface area contributed by atoms with E-state index in [1.54, 1.807) is 0 Å². The van der Waals surface area contributed by atoms with Gasteiger partial charge < -0.3 is 9.80 Å². The van der Waals surface area contributed by atoms with Crippen LogP contribution in [0.4, 0.5) is 0 Å². The van der Waals surface area contributed by atoms with Crippen LogP contribution >= 0.6 is 0 Å². The molecule has 29 heavy (non-hydrogen) atoms. The van der Waals surface area contributed by atoms with Crippen molar-refractivity contribution in [3.63, 3.8) is 0 Å². The highest BCUT2D eigenvalue weighted by Crippen LogP contribution is 2.48. The van der Waals surface area contributed by atoms with Crippen molar-refractivity contribution in [2.45, 2.75) is 76.7 Å². The van der Waals surface area contributed by atoms with Gasteiger partial charge in [0, 0.05) is 31.6 Å². The lowest BCUT2D eigenvalue weighted by Crippen LogP contribution is -2.34. The molecule has 4 fully saturated rings. The molecule has 0 aromatic heterocycles. The molecule has 2 heterocycles. The van der Waals surface area contributed by atoms with Gasteiger partial charge in [0.25, 0.3) is 0 Å². The highest BCUT2D eigenvalue weighted by atomic mass is 16.2. The number of fused-ring (bicyclic) bond motifs is 1. The smallest absolute Gasteiger partial charge is 0.225 e. The monoisotopic (exact) mass is 394 g/mol. The third-order valence-corrected chi connectivity index (χ3v) is 8.66. The first-order chi connectivity index (χ1) is 14.2. The van der Waals surface area contributed by atoms with Crippen molar-refractivity contribution in [3.05, 3.63) is 35.4 Å². The van der Waals surface area contributed by atoms with Gasteiger partial charge in [-0.15, -0.1) is 0 Å². The molecule has 0 radical (unpaired) electrons. The molecule has 2 aliphatic carbocycles. The van der Waals surface area contributed by atoms with Gasteiger partial charge in [-0.05, 0) is 87.3 Å². The van der Waals surface area contributed by atoms with Gasteiger partial charge in [-0.2, -0.15) is 0 Å². The molecule has 0 unspecified atom stereocenters. The van der Waals surface area contributed by atoms with Crippen molar-refractivity contribution in [2.24, 2.45) is 17.8 Å². The molecule has 3 heteroatoms. The fraction of sp³-hybridized carbons (Fsp3) is 0.731. The minimum atomic E-state index is 0.338. The van der Waals surface area contributed by atoms with E-state index < -0.39 is 0 Å². The number of carbonyl (C=O) groups is 1. The molecule has 3 nitrogen and oxygen atoms in total. The maximum absolute atomic E-state index is 12.9. The Hall–Kier alpha value is -1.35. The van der Waals surface area contributed by atoms with Gasteiger partial charge in [0.05, 0.1) is 0 Å². The van der Waals surface area contributed by atoms with Gasteiger partial charge in [-0.25, -0.2) is 0 Å². The summed E-state index contributed by atoms with van der Waals surface area (Å²) in [7, 11) is 0. The van der Waals surface area contributed by atoms with Crippen LogP contribution in [0.1, 0.15) is 75.3 Å². The van der Waals surface area contributed by atoms with Crippen LogP contribution in [0.2, 0.25) is 0 Å². The van der Waals surface area contributed by atoms with E-state index in [1.165, 1.54) is 69.2 Å². The zero-order valence-corrected chi connectivity index (χ0v) is 18.2. The number of amides is 1. The standard InChI is InChI=1S/C26H38N2O/c1-19-5-4-15-27(19)16-14-20-8-10-21(11-9-20)24-13-12-23-17-28(18-25(23)24)26(29)22-6-2-3-7-22/h8-11,19,22-25H,2-7,12-18H2,1H3/t19-,23-,24-,25+/m1/s1. The van der Waals surface area contributed by atoms with Crippen LogP contribution < -0.4 is 0 Å². The fourth-order valence-electron chi connectivity index (χ4n) is 6.82. The van der Waals surface area contributed by atoms with Crippen LogP contribution in [0.25, 0.3) is 0 Å². The van der Waals surface area contributed by atoms with Gasteiger partial charge in [-0.1, -0.05) is 37.1 Å². The summed E-state index contributed by atoms with van der Waals surface area (Å²) in [6.07, 6.45) is 11.3. The second-order valence-corrected chi connectivity index (χ2v) is 10.4. The van der Waals surface area contributed by atoms with Crippen LogP contribution in [-0.4, -0.2) is 47.9 Å². The Morgan fingerprint density at radius 3 is 2.48 bits per heavy atom. The van der Waals surface area contributed by atoms with Gasteiger partial charge in [0.1, 0.15) is 0 Å². The van der Waals surface area contributed by atoms with Crippen molar-refractivity contribution in [1.29, 1.82) is 0 Å². The van der Waals surface area contributed by atoms with Crippen LogP contribution in [0, 0.1) is 17.8 Å². The SMILES string of the molecule is C[C@@H]1CCCN1CCc1ccc([C@H]2CC[C@@H]3CN(C(=O)C4CCCC4)C[C@@H]32)cc1. The summed E-state index contributed by atoms with van der Waals surface area (Å²) in [5.41, 5.74) is 3.00. The molecule has 5 rings (SSSR count). The topological polar surface area (TPSA) is 23.6 Å². The molecular formula is C26H38N2O. The normalized spacial score (nSPS) is 32.9. The lowest BCUT2D eigenvalue weighted by molar-refractivity contribution is -0.134. The van der Waals surface area contributed by atoms with Crippen molar-refractivity contribution in [1.82, 2.24) is 9.80 Å². The van der Waals surface area contributed by atoms with Gasteiger partial charge in [0.15, 0.2) is 0 Å². The lowest BCUT2D eigenvalue weighted by atomic mass is 9.86. The zero-order chi connectivity index (χ0) is 19.8. The first-order valence-electron chi connectivity index (χ1n) is 12.3. The van der Waals surface area contributed by atoms with E-state index in [1.807, 2.05) is 0 Å². The Bertz CT molecular complexity index is 708. The molecule has 2 saturated heterocycles. The minimum Gasteiger partial charge on any atom is -0.342 e. The van der Waals surface area contributed by atoms with Gasteiger partial charge >= 0.3 is 0 Å². The molecule has 2 saturated carbocycles. The highest BCUT2D eigenvalue weighted by molar-refractivity contribution is 5.79. The Morgan fingerprint density at radius 1 is 0.966 bits per heavy atom. The number of nitrogens with zero attached hydrogens (tertiary/aromatic N) is 2. The maximum atomic E-state index is 12.9. The molecule has 158 valence electrons. The van der Waals surface area contributed by atoms with E-state index in [2.05, 4.69) is 41.0 Å². The number of likely N-dealkylation sites (tertiary alicyclic amines) is 2. The first-order valence-corrected chi connectivity index (χ1v) is 12.3. The largest absolute Gasteiger partial charge is 0.342 e. The summed E-state index contributed by atoms with van der Waals surface area (Å²) in [5, 5.41) is 0. The number of hydrogen-bond acceptors (Lipinski definition) is 2. The molecule has 4 atom stereocenters. The third kappa shape index (κ3) is 4.00. The molecule has 4 aliphatic rings. The van der Waals surface area contributed by atoms with E-state index >= 15 is 0 Å². The van der Waals surface area contributed by atoms with Gasteiger partial charge in [0.2, 0.25) is 5.91 Å². The van der Waals surface area contributed by atoms with E-state index in [0.717, 1.165) is 37.9 Å². The second kappa shape index (κ2) is 8.41. The molecule has 1 aromatic rings. The number of carbonyl (C=O) groups excluding carboxylic acids is 1. The Kier molecular flexibility index (Phi) is 5.69. The second-order valence-electron chi connectivity index (χ2n) is 10.4. The summed E-state index contributed by atoms with van der Waals surface area (Å²) in [5.74, 6) is 2.90. The molecule has 0 spiro atoms. The molecule has 0 N–H and O–H groups in total. The zero-order valence-electron chi connectivity index (χ0n) is 18.2. The quantitative estimate of drug-likeness (QED) is 0.712. The summed E-state index contributed by atoms with van der Waals surface area (Å²) in [6, 6.07) is 10.3. The number of hydrogen-bond donors (Lipinski definition) is 0. The summed E-state index contributed by atoms with van der Waals surface area (Å²) < 4.78 is 0. The molecule has 1 aromatic carbocycles. The minimum absolute atomic E-state index is 0.338. The molecule has 0 bridgehead atoms. The van der Waals surface area contributed by atoms with E-state index in [4.69, 9.17) is 0 Å². The van der Waals surface area contributed by atoms with E-state index in [9.17, 15) is 4.79 Å². The summed E-state index contributed by atoms with van der Waals surface area (Å²) in [4.78, 5) is 17.8. The van der Waals surface area contributed by atoms with Crippen LogP contribution in [0.15, 0.2) is 24.3 Å². The predicted molar refractivity (Wildman–Crippen MR) is 118 cm³/mol. The highest BCUT2D eigenvalue weighted by Gasteiger charge is 2.45. The fourth-order valence-corrected chi connectivity index (χ4v) is 6.82. The maximum Gasteiger partial charge on any atom is 0.225 e. The van der Waals surface area contributed by atoms with E-state index in [-0.39, 0.29) is 0 Å². The number of rotatable bonds is 5. The van der Waals surface area contributed by atoms with E-state index in [0.29, 0.717) is 23.7 Å². The molecular weight excluding hydrogens is 356 g/mol. The van der Waals surface area contributed by atoms with Crippen LogP contribution in [0.5, 0.6) is 0 Å². The van der Waals surface area contributed by atoms with Crippen molar-refractivity contribution in [3.8, 4) is 0 Å².